The molecule has 0 bridgehead atoms. The van der Waals surface area contributed by atoms with E-state index in [4.69, 9.17) is 9.47 Å². The predicted octanol–water partition coefficient (Wildman–Crippen LogP) is 6.26. The highest BCUT2D eigenvalue weighted by atomic mass is 16.5. The lowest BCUT2D eigenvalue weighted by atomic mass is 10.1. The predicted molar refractivity (Wildman–Crippen MR) is 163 cm³/mol. The van der Waals surface area contributed by atoms with Crippen molar-refractivity contribution >= 4 is 35.1 Å². The van der Waals surface area contributed by atoms with Gasteiger partial charge in [0.1, 0.15) is 0 Å². The lowest BCUT2D eigenvalue weighted by molar-refractivity contribution is -0.144. The van der Waals surface area contributed by atoms with Crippen LogP contribution in [0.5, 0.6) is 0 Å². The number of amides is 2. The first-order valence-electron chi connectivity index (χ1n) is 14.6. The van der Waals surface area contributed by atoms with E-state index in [0.717, 1.165) is 25.7 Å². The van der Waals surface area contributed by atoms with Crippen LogP contribution in [0.2, 0.25) is 0 Å². The summed E-state index contributed by atoms with van der Waals surface area (Å²) in [5.41, 5.74) is 3.61. The highest BCUT2D eigenvalue weighted by molar-refractivity contribution is 5.93. The summed E-state index contributed by atoms with van der Waals surface area (Å²) >= 11 is 0. The molecular weight excluding hydrogens is 532 g/mol. The van der Waals surface area contributed by atoms with Crippen LogP contribution in [0.1, 0.15) is 62.5 Å². The molecule has 3 aromatic rings. The Balaban J connectivity index is 1.20. The molecule has 0 atom stereocenters. The van der Waals surface area contributed by atoms with Gasteiger partial charge in [0.15, 0.2) is 0 Å². The van der Waals surface area contributed by atoms with Crippen LogP contribution in [0, 0.1) is 0 Å². The standard InChI is InChI=1S/C34H40N2O6/c37-31(17-7-19-33(39)41-25-9-15-27-11-3-1-4-12-27)35-29-21-23-30(24-22-29)36-32(38)18-8-20-34(40)42-26-10-16-28-13-5-2-6-14-28/h1-6,11-14,21-24H,7-10,15-20,25-26H2,(H,35,37)(H,36,38). The molecule has 2 amide bonds. The van der Waals surface area contributed by atoms with Crippen LogP contribution < -0.4 is 10.6 Å². The molecule has 3 aromatic carbocycles. The monoisotopic (exact) mass is 572 g/mol. The summed E-state index contributed by atoms with van der Waals surface area (Å²) in [5, 5.41) is 5.58. The Bertz CT molecular complexity index is 1150. The quantitative estimate of drug-likeness (QED) is 0.138. The maximum Gasteiger partial charge on any atom is 0.305 e. The van der Waals surface area contributed by atoms with Crippen LogP contribution in [-0.2, 0) is 41.5 Å². The summed E-state index contributed by atoms with van der Waals surface area (Å²) in [7, 11) is 0. The van der Waals surface area contributed by atoms with Gasteiger partial charge >= 0.3 is 11.9 Å². The lowest BCUT2D eigenvalue weighted by Crippen LogP contribution is -2.14. The molecule has 8 nitrogen and oxygen atoms in total. The Hall–Kier alpha value is -4.46. The molecule has 0 saturated heterocycles. The van der Waals surface area contributed by atoms with Gasteiger partial charge < -0.3 is 20.1 Å². The van der Waals surface area contributed by atoms with Gasteiger partial charge in [-0.25, -0.2) is 0 Å². The van der Waals surface area contributed by atoms with Crippen molar-refractivity contribution in [2.24, 2.45) is 0 Å². The first-order valence-corrected chi connectivity index (χ1v) is 14.6. The molecule has 0 heterocycles. The normalized spacial score (nSPS) is 10.5. The van der Waals surface area contributed by atoms with E-state index >= 15 is 0 Å². The summed E-state index contributed by atoms with van der Waals surface area (Å²) < 4.78 is 10.5. The lowest BCUT2D eigenvalue weighted by Gasteiger charge is -2.09. The first kappa shape index (κ1) is 32.1. The fraction of sp³-hybridized carbons (Fsp3) is 0.353. The zero-order chi connectivity index (χ0) is 29.8. The fourth-order valence-corrected chi connectivity index (χ4v) is 4.23. The third-order valence-electron chi connectivity index (χ3n) is 6.45. The van der Waals surface area contributed by atoms with Crippen LogP contribution in [0.3, 0.4) is 0 Å². The maximum absolute atomic E-state index is 12.2. The van der Waals surface area contributed by atoms with E-state index in [1.54, 1.807) is 24.3 Å². The number of hydrogen-bond donors (Lipinski definition) is 2. The molecule has 0 aromatic heterocycles. The van der Waals surface area contributed by atoms with Gasteiger partial charge in [-0.05, 0) is 73.9 Å². The number of aryl methyl sites for hydroxylation is 2. The minimum atomic E-state index is -0.299. The van der Waals surface area contributed by atoms with Crippen molar-refractivity contribution in [3.8, 4) is 0 Å². The zero-order valence-corrected chi connectivity index (χ0v) is 24.0. The highest BCUT2D eigenvalue weighted by Crippen LogP contribution is 2.15. The van der Waals surface area contributed by atoms with Crippen molar-refractivity contribution in [1.82, 2.24) is 0 Å². The Morgan fingerprint density at radius 1 is 0.476 bits per heavy atom. The average molecular weight is 573 g/mol. The number of rotatable bonds is 18. The average Bonchev–Trinajstić information content (AvgIpc) is 2.99. The smallest absolute Gasteiger partial charge is 0.305 e. The Kier molecular flexibility index (Phi) is 14.4. The molecule has 0 radical (unpaired) electrons. The summed E-state index contributed by atoms with van der Waals surface area (Å²) in [6.45, 7) is 0.732. The van der Waals surface area contributed by atoms with E-state index in [1.165, 1.54) is 11.1 Å². The topological polar surface area (TPSA) is 111 Å². The first-order chi connectivity index (χ1) is 20.5. The van der Waals surface area contributed by atoms with Gasteiger partial charge in [0.25, 0.3) is 0 Å². The number of esters is 2. The van der Waals surface area contributed by atoms with E-state index in [9.17, 15) is 19.2 Å². The van der Waals surface area contributed by atoms with Crippen molar-refractivity contribution in [2.45, 2.75) is 64.2 Å². The summed E-state index contributed by atoms with van der Waals surface area (Å²) in [4.78, 5) is 48.3. The summed E-state index contributed by atoms with van der Waals surface area (Å²) in [5.74, 6) is -0.996. The van der Waals surface area contributed by atoms with Crippen molar-refractivity contribution in [3.05, 3.63) is 96.1 Å². The van der Waals surface area contributed by atoms with Crippen molar-refractivity contribution in [3.63, 3.8) is 0 Å². The highest BCUT2D eigenvalue weighted by Gasteiger charge is 2.09. The number of hydrogen-bond acceptors (Lipinski definition) is 6. The van der Waals surface area contributed by atoms with Crippen LogP contribution in [0.25, 0.3) is 0 Å². The van der Waals surface area contributed by atoms with E-state index < -0.39 is 0 Å². The molecule has 42 heavy (non-hydrogen) atoms. The van der Waals surface area contributed by atoms with Gasteiger partial charge in [0, 0.05) is 37.1 Å². The Morgan fingerprint density at radius 3 is 1.24 bits per heavy atom. The SMILES string of the molecule is O=C(CCCC(=O)OCCCc1ccccc1)Nc1ccc(NC(=O)CCCC(=O)OCCCc2ccccc2)cc1. The van der Waals surface area contributed by atoms with Crippen LogP contribution in [-0.4, -0.2) is 37.0 Å². The molecule has 3 rings (SSSR count). The molecule has 0 saturated carbocycles. The molecule has 0 aliphatic rings. The minimum Gasteiger partial charge on any atom is -0.466 e. The second-order valence-electron chi connectivity index (χ2n) is 10.0. The van der Waals surface area contributed by atoms with Crippen molar-refractivity contribution in [1.29, 1.82) is 0 Å². The number of benzene rings is 3. The van der Waals surface area contributed by atoms with Crippen LogP contribution in [0.4, 0.5) is 11.4 Å². The van der Waals surface area contributed by atoms with Gasteiger partial charge in [-0.1, -0.05) is 60.7 Å². The second kappa shape index (κ2) is 18.8. The maximum atomic E-state index is 12.2. The van der Waals surface area contributed by atoms with E-state index in [-0.39, 0.29) is 49.4 Å². The molecule has 0 spiro atoms. The van der Waals surface area contributed by atoms with E-state index in [1.807, 2.05) is 60.7 Å². The van der Waals surface area contributed by atoms with Crippen LogP contribution >= 0.6 is 0 Å². The number of nitrogens with one attached hydrogen (secondary N) is 2. The third kappa shape index (κ3) is 13.7. The van der Waals surface area contributed by atoms with Gasteiger partial charge in [0.2, 0.25) is 11.8 Å². The van der Waals surface area contributed by atoms with E-state index in [0.29, 0.717) is 37.4 Å². The van der Waals surface area contributed by atoms with Gasteiger partial charge in [-0.15, -0.1) is 0 Å². The Labute approximate surface area is 247 Å². The zero-order valence-electron chi connectivity index (χ0n) is 24.0. The van der Waals surface area contributed by atoms with Crippen LogP contribution in [0.15, 0.2) is 84.9 Å². The molecule has 2 N–H and O–H groups in total. The largest absolute Gasteiger partial charge is 0.466 e. The van der Waals surface area contributed by atoms with Gasteiger partial charge in [-0.3, -0.25) is 19.2 Å². The number of carbonyl (C=O) groups is 4. The minimum absolute atomic E-state index is 0.190. The number of ether oxygens (including phenoxy) is 2. The molecular formula is C34H40N2O6. The second-order valence-corrected chi connectivity index (χ2v) is 10.0. The van der Waals surface area contributed by atoms with Gasteiger partial charge in [0.05, 0.1) is 13.2 Å². The molecule has 222 valence electrons. The number of anilines is 2. The molecule has 8 heteroatoms. The van der Waals surface area contributed by atoms with Gasteiger partial charge in [-0.2, -0.15) is 0 Å². The Morgan fingerprint density at radius 2 is 0.857 bits per heavy atom. The van der Waals surface area contributed by atoms with Crippen molar-refractivity contribution < 1.29 is 28.7 Å². The molecule has 0 fully saturated rings. The number of carbonyl (C=O) groups excluding carboxylic acids is 4. The molecule has 0 aliphatic heterocycles. The summed E-state index contributed by atoms with van der Waals surface area (Å²) in [6.07, 6.45) is 4.81. The molecule has 0 aliphatic carbocycles. The van der Waals surface area contributed by atoms with E-state index in [2.05, 4.69) is 10.6 Å². The molecule has 0 unspecified atom stereocenters. The van der Waals surface area contributed by atoms with Crippen molar-refractivity contribution in [2.75, 3.05) is 23.8 Å². The summed E-state index contributed by atoms with van der Waals surface area (Å²) in [6, 6.07) is 26.8. The third-order valence-corrected chi connectivity index (χ3v) is 6.45. The fourth-order valence-electron chi connectivity index (χ4n) is 4.23.